The van der Waals surface area contributed by atoms with E-state index in [0.29, 0.717) is 17.3 Å². The van der Waals surface area contributed by atoms with Crippen molar-refractivity contribution in [3.63, 3.8) is 0 Å². The summed E-state index contributed by atoms with van der Waals surface area (Å²) in [7, 11) is 1.66. The summed E-state index contributed by atoms with van der Waals surface area (Å²) in [6, 6.07) is 11.4. The predicted octanol–water partition coefficient (Wildman–Crippen LogP) is 3.82. The van der Waals surface area contributed by atoms with Gasteiger partial charge in [0, 0.05) is 18.6 Å². The van der Waals surface area contributed by atoms with Crippen LogP contribution in [0.3, 0.4) is 0 Å². The monoisotopic (exact) mass is 321 g/mol. The summed E-state index contributed by atoms with van der Waals surface area (Å²) in [5.74, 6) is 0.127. The van der Waals surface area contributed by atoms with Crippen LogP contribution in [0.4, 0.5) is 4.39 Å². The van der Waals surface area contributed by atoms with Crippen LogP contribution >= 0.6 is 11.6 Å². The number of nitrogens with zero attached hydrogens (tertiary/aromatic N) is 1. The summed E-state index contributed by atoms with van der Waals surface area (Å²) in [6.07, 6.45) is 0. The molecule has 2 aromatic carbocycles. The van der Waals surface area contributed by atoms with Gasteiger partial charge in [0.15, 0.2) is 6.61 Å². The minimum absolute atomic E-state index is 0.0751. The molecule has 1 amide bonds. The van der Waals surface area contributed by atoms with E-state index in [4.69, 9.17) is 16.3 Å². The highest BCUT2D eigenvalue weighted by Gasteiger charge is 2.11. The number of aryl methyl sites for hydroxylation is 1. The molecule has 2 aromatic rings. The van der Waals surface area contributed by atoms with E-state index in [0.717, 1.165) is 11.1 Å². The van der Waals surface area contributed by atoms with Gasteiger partial charge in [-0.05, 0) is 48.4 Å². The number of hydrogen-bond acceptors (Lipinski definition) is 2. The van der Waals surface area contributed by atoms with Crippen LogP contribution in [0.2, 0.25) is 5.02 Å². The number of carbonyl (C=O) groups excluding carboxylic acids is 1. The molecule has 0 N–H and O–H groups in total. The molecule has 0 aromatic heterocycles. The van der Waals surface area contributed by atoms with Crippen molar-refractivity contribution in [1.82, 2.24) is 4.90 Å². The number of likely N-dealkylation sites (N-methyl/N-ethyl adjacent to an activating group) is 1. The van der Waals surface area contributed by atoms with E-state index >= 15 is 0 Å². The first-order valence-electron chi connectivity index (χ1n) is 6.83. The van der Waals surface area contributed by atoms with Gasteiger partial charge in [0.05, 0.1) is 0 Å². The van der Waals surface area contributed by atoms with E-state index in [1.165, 1.54) is 17.0 Å². The Hall–Kier alpha value is -2.07. The molecule has 0 fully saturated rings. The van der Waals surface area contributed by atoms with Gasteiger partial charge in [-0.15, -0.1) is 0 Å². The molecule has 116 valence electrons. The Labute approximate surface area is 134 Å². The number of hydrogen-bond donors (Lipinski definition) is 0. The van der Waals surface area contributed by atoms with Crippen LogP contribution < -0.4 is 4.74 Å². The first-order valence-corrected chi connectivity index (χ1v) is 7.21. The highest BCUT2D eigenvalue weighted by molar-refractivity contribution is 6.30. The Morgan fingerprint density at radius 3 is 2.73 bits per heavy atom. The molecule has 0 aliphatic rings. The molecule has 22 heavy (non-hydrogen) atoms. The van der Waals surface area contributed by atoms with Crippen molar-refractivity contribution in [3.8, 4) is 5.75 Å². The molecular formula is C17H17ClFNO2. The SMILES string of the molecule is Cc1cc(Cl)ccc1OCC(=O)N(C)Cc1cccc(F)c1. The second-order valence-electron chi connectivity index (χ2n) is 5.08. The van der Waals surface area contributed by atoms with Gasteiger partial charge in [-0.3, -0.25) is 4.79 Å². The Morgan fingerprint density at radius 1 is 1.27 bits per heavy atom. The van der Waals surface area contributed by atoms with Gasteiger partial charge in [0.1, 0.15) is 11.6 Å². The molecule has 0 spiro atoms. The zero-order valence-electron chi connectivity index (χ0n) is 12.5. The summed E-state index contributed by atoms with van der Waals surface area (Å²) in [6.45, 7) is 2.12. The summed E-state index contributed by atoms with van der Waals surface area (Å²) in [5.41, 5.74) is 1.60. The van der Waals surface area contributed by atoms with Crippen molar-refractivity contribution in [2.24, 2.45) is 0 Å². The number of amides is 1. The Kier molecular flexibility index (Phi) is 5.39. The van der Waals surface area contributed by atoms with Crippen molar-refractivity contribution < 1.29 is 13.9 Å². The fourth-order valence-corrected chi connectivity index (χ4v) is 2.25. The zero-order valence-corrected chi connectivity index (χ0v) is 13.2. The van der Waals surface area contributed by atoms with Crippen molar-refractivity contribution in [2.75, 3.05) is 13.7 Å². The average Bonchev–Trinajstić information content (AvgIpc) is 2.46. The third-order valence-electron chi connectivity index (χ3n) is 3.22. The van der Waals surface area contributed by atoms with Gasteiger partial charge in [-0.1, -0.05) is 23.7 Å². The molecule has 2 rings (SSSR count). The summed E-state index contributed by atoms with van der Waals surface area (Å²) in [4.78, 5) is 13.6. The molecule has 0 saturated carbocycles. The van der Waals surface area contributed by atoms with Crippen LogP contribution in [0.25, 0.3) is 0 Å². The van der Waals surface area contributed by atoms with Crippen LogP contribution in [0.5, 0.6) is 5.75 Å². The maximum Gasteiger partial charge on any atom is 0.260 e. The van der Waals surface area contributed by atoms with Crippen LogP contribution in [-0.4, -0.2) is 24.5 Å². The number of carbonyl (C=O) groups is 1. The molecule has 0 saturated heterocycles. The molecule has 0 heterocycles. The van der Waals surface area contributed by atoms with Crippen molar-refractivity contribution in [3.05, 3.63) is 64.4 Å². The molecule has 0 unspecified atom stereocenters. The van der Waals surface area contributed by atoms with Gasteiger partial charge < -0.3 is 9.64 Å². The molecule has 0 radical (unpaired) electrons. The lowest BCUT2D eigenvalue weighted by molar-refractivity contribution is -0.132. The molecule has 0 aliphatic heterocycles. The Morgan fingerprint density at radius 2 is 2.05 bits per heavy atom. The Balaban J connectivity index is 1.91. The maximum atomic E-state index is 13.1. The van der Waals surface area contributed by atoms with Crippen molar-refractivity contribution in [2.45, 2.75) is 13.5 Å². The van der Waals surface area contributed by atoms with Gasteiger partial charge >= 0.3 is 0 Å². The zero-order chi connectivity index (χ0) is 16.1. The number of benzene rings is 2. The molecule has 3 nitrogen and oxygen atoms in total. The van der Waals surface area contributed by atoms with E-state index in [1.54, 1.807) is 37.4 Å². The molecule has 5 heteroatoms. The number of rotatable bonds is 5. The molecular weight excluding hydrogens is 305 g/mol. The third-order valence-corrected chi connectivity index (χ3v) is 3.46. The highest BCUT2D eigenvalue weighted by Crippen LogP contribution is 2.21. The van der Waals surface area contributed by atoms with Crippen LogP contribution in [0.15, 0.2) is 42.5 Å². The van der Waals surface area contributed by atoms with E-state index in [9.17, 15) is 9.18 Å². The van der Waals surface area contributed by atoms with E-state index in [1.807, 2.05) is 6.92 Å². The summed E-state index contributed by atoms with van der Waals surface area (Å²) in [5, 5.41) is 0.624. The van der Waals surface area contributed by atoms with Gasteiger partial charge in [0.2, 0.25) is 0 Å². The number of ether oxygens (including phenoxy) is 1. The normalized spacial score (nSPS) is 10.4. The summed E-state index contributed by atoms with van der Waals surface area (Å²) >= 11 is 5.87. The third kappa shape index (κ3) is 4.46. The minimum atomic E-state index is -0.314. The second-order valence-corrected chi connectivity index (χ2v) is 5.51. The van der Waals surface area contributed by atoms with Crippen LogP contribution in [0, 0.1) is 12.7 Å². The summed E-state index contributed by atoms with van der Waals surface area (Å²) < 4.78 is 18.6. The lowest BCUT2D eigenvalue weighted by Gasteiger charge is -2.18. The topological polar surface area (TPSA) is 29.5 Å². The van der Waals surface area contributed by atoms with Crippen molar-refractivity contribution in [1.29, 1.82) is 0 Å². The smallest absolute Gasteiger partial charge is 0.260 e. The quantitative estimate of drug-likeness (QED) is 0.837. The largest absolute Gasteiger partial charge is 0.483 e. The lowest BCUT2D eigenvalue weighted by atomic mass is 10.2. The van der Waals surface area contributed by atoms with Gasteiger partial charge in [0.25, 0.3) is 5.91 Å². The first kappa shape index (κ1) is 16.3. The van der Waals surface area contributed by atoms with E-state index < -0.39 is 0 Å². The van der Waals surface area contributed by atoms with Crippen molar-refractivity contribution >= 4 is 17.5 Å². The maximum absolute atomic E-state index is 13.1. The molecule has 0 atom stereocenters. The fraction of sp³-hybridized carbons (Fsp3) is 0.235. The minimum Gasteiger partial charge on any atom is -0.483 e. The fourth-order valence-electron chi connectivity index (χ4n) is 2.02. The Bertz CT molecular complexity index is 675. The van der Waals surface area contributed by atoms with E-state index in [-0.39, 0.29) is 18.3 Å². The van der Waals surface area contributed by atoms with Crippen LogP contribution in [0.1, 0.15) is 11.1 Å². The van der Waals surface area contributed by atoms with Gasteiger partial charge in [-0.2, -0.15) is 0 Å². The second kappa shape index (κ2) is 7.27. The van der Waals surface area contributed by atoms with Crippen LogP contribution in [-0.2, 0) is 11.3 Å². The first-order chi connectivity index (χ1) is 10.5. The van der Waals surface area contributed by atoms with E-state index in [2.05, 4.69) is 0 Å². The molecule has 0 aliphatic carbocycles. The average molecular weight is 322 g/mol. The number of halogens is 2. The molecule has 0 bridgehead atoms. The van der Waals surface area contributed by atoms with Gasteiger partial charge in [-0.25, -0.2) is 4.39 Å². The standard InChI is InChI=1S/C17H17ClFNO2/c1-12-8-14(18)6-7-16(12)22-11-17(21)20(2)10-13-4-3-5-15(19)9-13/h3-9H,10-11H2,1-2H3. The predicted molar refractivity (Wildman–Crippen MR) is 84.6 cm³/mol. The highest BCUT2D eigenvalue weighted by atomic mass is 35.5. The lowest BCUT2D eigenvalue weighted by Crippen LogP contribution is -2.31.